The van der Waals surface area contributed by atoms with Gasteiger partial charge in [-0.2, -0.15) is 0 Å². The van der Waals surface area contributed by atoms with Gasteiger partial charge in [-0.25, -0.2) is 0 Å². The molecule has 0 N–H and O–H groups in total. The van der Waals surface area contributed by atoms with E-state index in [4.69, 9.17) is 16.3 Å². The minimum Gasteiger partial charge on any atom is -0.487 e. The summed E-state index contributed by atoms with van der Waals surface area (Å²) >= 11 is 5.81. The molecule has 18 heavy (non-hydrogen) atoms. The molecule has 92 valence electrons. The minimum absolute atomic E-state index is 0.329. The summed E-state index contributed by atoms with van der Waals surface area (Å²) in [6.45, 7) is 2.29. The second kappa shape index (κ2) is 5.65. The highest BCUT2D eigenvalue weighted by molar-refractivity contribution is 6.30. The van der Waals surface area contributed by atoms with Crippen LogP contribution in [0.25, 0.3) is 0 Å². The summed E-state index contributed by atoms with van der Waals surface area (Å²) in [4.78, 5) is 15.1. The fraction of sp³-hybridized carbons (Fsp3) is 0.143. The highest BCUT2D eigenvalue weighted by atomic mass is 35.5. The fourth-order valence-corrected chi connectivity index (χ4v) is 1.74. The third kappa shape index (κ3) is 2.87. The molecule has 0 aliphatic carbocycles. The Hall–Kier alpha value is -1.87. The molecule has 4 heteroatoms. The van der Waals surface area contributed by atoms with Gasteiger partial charge in [0.15, 0.2) is 6.29 Å². The first-order chi connectivity index (χ1) is 8.70. The van der Waals surface area contributed by atoms with E-state index in [0.717, 1.165) is 17.5 Å². The number of aryl methyl sites for hydroxylation is 1. The zero-order valence-corrected chi connectivity index (χ0v) is 10.6. The molecule has 0 aliphatic heterocycles. The molecule has 0 radical (unpaired) electrons. The van der Waals surface area contributed by atoms with Gasteiger partial charge < -0.3 is 4.74 Å². The van der Waals surface area contributed by atoms with Crippen molar-refractivity contribution in [1.29, 1.82) is 0 Å². The van der Waals surface area contributed by atoms with Crippen LogP contribution in [-0.2, 0) is 6.61 Å². The number of benzene rings is 1. The van der Waals surface area contributed by atoms with Crippen LogP contribution in [0.2, 0.25) is 5.02 Å². The third-order valence-electron chi connectivity index (χ3n) is 2.58. The molecule has 0 saturated heterocycles. The average Bonchev–Trinajstić information content (AvgIpc) is 2.39. The van der Waals surface area contributed by atoms with Crippen molar-refractivity contribution in [2.24, 2.45) is 0 Å². The first-order valence-corrected chi connectivity index (χ1v) is 5.86. The molecule has 0 unspecified atom stereocenters. The first-order valence-electron chi connectivity index (χ1n) is 5.48. The molecule has 3 nitrogen and oxygen atoms in total. The molecule has 1 aromatic heterocycles. The van der Waals surface area contributed by atoms with Crippen LogP contribution in [0.1, 0.15) is 21.6 Å². The quantitative estimate of drug-likeness (QED) is 0.792. The average molecular weight is 262 g/mol. The van der Waals surface area contributed by atoms with E-state index in [0.29, 0.717) is 22.9 Å². The van der Waals surface area contributed by atoms with E-state index in [9.17, 15) is 4.79 Å². The number of carbonyl (C=O) groups excluding carboxylic acids is 1. The van der Waals surface area contributed by atoms with Crippen molar-refractivity contribution >= 4 is 17.9 Å². The van der Waals surface area contributed by atoms with Gasteiger partial charge in [0.1, 0.15) is 12.4 Å². The lowest BCUT2D eigenvalue weighted by atomic mass is 10.2. The lowest BCUT2D eigenvalue weighted by Gasteiger charge is -2.09. The van der Waals surface area contributed by atoms with E-state index in [2.05, 4.69) is 4.98 Å². The van der Waals surface area contributed by atoms with Crippen LogP contribution in [0, 0.1) is 6.92 Å². The van der Waals surface area contributed by atoms with E-state index in [1.54, 1.807) is 24.4 Å². The van der Waals surface area contributed by atoms with E-state index >= 15 is 0 Å². The molecule has 2 aromatic rings. The number of nitrogens with zero attached hydrogens (tertiary/aromatic N) is 1. The standard InChI is InChI=1S/C14H12ClNO2/c1-10-3-2-6-16-13(10)9-18-14-5-4-12(15)7-11(14)8-17/h2-8H,9H2,1H3. The third-order valence-corrected chi connectivity index (χ3v) is 2.82. The Bertz CT molecular complexity index is 569. The largest absolute Gasteiger partial charge is 0.487 e. The van der Waals surface area contributed by atoms with Crippen molar-refractivity contribution in [3.8, 4) is 5.75 Å². The van der Waals surface area contributed by atoms with Gasteiger partial charge in [0, 0.05) is 11.2 Å². The topological polar surface area (TPSA) is 39.2 Å². The molecule has 0 aliphatic rings. The van der Waals surface area contributed by atoms with Crippen molar-refractivity contribution in [3.63, 3.8) is 0 Å². The Balaban J connectivity index is 2.16. The summed E-state index contributed by atoms with van der Waals surface area (Å²) in [5.41, 5.74) is 2.35. The van der Waals surface area contributed by atoms with E-state index in [-0.39, 0.29) is 0 Å². The normalized spacial score (nSPS) is 10.1. The molecule has 0 bridgehead atoms. The smallest absolute Gasteiger partial charge is 0.153 e. The van der Waals surface area contributed by atoms with Crippen LogP contribution in [0.15, 0.2) is 36.5 Å². The zero-order chi connectivity index (χ0) is 13.0. The van der Waals surface area contributed by atoms with E-state index in [1.165, 1.54) is 0 Å². The van der Waals surface area contributed by atoms with Gasteiger partial charge in [0.05, 0.1) is 11.3 Å². The van der Waals surface area contributed by atoms with Gasteiger partial charge in [-0.1, -0.05) is 17.7 Å². The van der Waals surface area contributed by atoms with Crippen LogP contribution >= 0.6 is 11.6 Å². The number of hydrogen-bond acceptors (Lipinski definition) is 3. The number of rotatable bonds is 4. The number of pyridine rings is 1. The molecule has 0 saturated carbocycles. The maximum Gasteiger partial charge on any atom is 0.153 e. The minimum atomic E-state index is 0.329. The number of carbonyl (C=O) groups is 1. The van der Waals surface area contributed by atoms with E-state index in [1.807, 2.05) is 19.1 Å². The van der Waals surface area contributed by atoms with Gasteiger partial charge in [0.2, 0.25) is 0 Å². The van der Waals surface area contributed by atoms with Gasteiger partial charge in [-0.05, 0) is 36.8 Å². The lowest BCUT2D eigenvalue weighted by molar-refractivity contribution is 0.111. The van der Waals surface area contributed by atoms with Crippen LogP contribution in [-0.4, -0.2) is 11.3 Å². The molecule has 0 amide bonds. The van der Waals surface area contributed by atoms with Crippen LogP contribution in [0.5, 0.6) is 5.75 Å². The zero-order valence-electron chi connectivity index (χ0n) is 9.89. The Kier molecular flexibility index (Phi) is 3.95. The maximum absolute atomic E-state index is 10.9. The second-order valence-corrected chi connectivity index (χ2v) is 4.29. The number of aromatic nitrogens is 1. The van der Waals surface area contributed by atoms with Crippen molar-refractivity contribution < 1.29 is 9.53 Å². The molecule has 1 heterocycles. The highest BCUT2D eigenvalue weighted by Gasteiger charge is 2.05. The van der Waals surface area contributed by atoms with Gasteiger partial charge in [-0.15, -0.1) is 0 Å². The summed E-state index contributed by atoms with van der Waals surface area (Å²) in [5, 5.41) is 0.512. The predicted molar refractivity (Wildman–Crippen MR) is 70.1 cm³/mol. The van der Waals surface area contributed by atoms with Crippen molar-refractivity contribution in [2.75, 3.05) is 0 Å². The molecular weight excluding hydrogens is 250 g/mol. The van der Waals surface area contributed by atoms with Crippen molar-refractivity contribution in [3.05, 3.63) is 58.4 Å². The fourth-order valence-electron chi connectivity index (χ4n) is 1.56. The maximum atomic E-state index is 10.9. The molecule has 0 fully saturated rings. The lowest BCUT2D eigenvalue weighted by Crippen LogP contribution is -2.02. The molecule has 2 rings (SSSR count). The summed E-state index contributed by atoms with van der Waals surface area (Å²) in [7, 11) is 0. The van der Waals surface area contributed by atoms with Gasteiger partial charge in [0.25, 0.3) is 0 Å². The Morgan fingerprint density at radius 2 is 2.22 bits per heavy atom. The second-order valence-electron chi connectivity index (χ2n) is 3.86. The summed E-state index contributed by atoms with van der Waals surface area (Å²) in [6.07, 6.45) is 2.45. The van der Waals surface area contributed by atoms with Gasteiger partial charge in [-0.3, -0.25) is 9.78 Å². The number of aldehydes is 1. The van der Waals surface area contributed by atoms with Crippen LogP contribution < -0.4 is 4.74 Å². The van der Waals surface area contributed by atoms with E-state index < -0.39 is 0 Å². The van der Waals surface area contributed by atoms with Gasteiger partial charge >= 0.3 is 0 Å². The summed E-state index contributed by atoms with van der Waals surface area (Å²) in [5.74, 6) is 0.513. The van der Waals surface area contributed by atoms with Crippen molar-refractivity contribution in [2.45, 2.75) is 13.5 Å². The molecule has 1 aromatic carbocycles. The summed E-state index contributed by atoms with van der Waals surface area (Å²) in [6, 6.07) is 8.79. The Morgan fingerprint density at radius 1 is 1.39 bits per heavy atom. The number of ether oxygens (including phenoxy) is 1. The summed E-state index contributed by atoms with van der Waals surface area (Å²) < 4.78 is 5.60. The highest BCUT2D eigenvalue weighted by Crippen LogP contribution is 2.22. The monoisotopic (exact) mass is 261 g/mol. The Labute approximate surface area is 110 Å². The SMILES string of the molecule is Cc1cccnc1COc1ccc(Cl)cc1C=O. The molecule has 0 atom stereocenters. The molecule has 0 spiro atoms. The molecular formula is C14H12ClNO2. The number of halogens is 1. The number of hydrogen-bond donors (Lipinski definition) is 0. The first kappa shape index (κ1) is 12.6. The van der Waals surface area contributed by atoms with Crippen molar-refractivity contribution in [1.82, 2.24) is 4.98 Å². The Morgan fingerprint density at radius 3 is 2.94 bits per heavy atom. The van der Waals surface area contributed by atoms with Crippen LogP contribution in [0.4, 0.5) is 0 Å². The van der Waals surface area contributed by atoms with Crippen LogP contribution in [0.3, 0.4) is 0 Å². The predicted octanol–water partition coefficient (Wildman–Crippen LogP) is 3.43.